The second-order valence-corrected chi connectivity index (χ2v) is 9.69. The number of nitrogens with one attached hydrogen (secondary N) is 1. The molecule has 2 aliphatic rings. The number of carbonyl (C=O) groups excluding carboxylic acids is 1. The Bertz CT molecular complexity index is 670. The number of piperidine rings is 1. The van der Waals surface area contributed by atoms with E-state index in [9.17, 15) is 4.79 Å². The van der Waals surface area contributed by atoms with Crippen LogP contribution in [0.5, 0.6) is 0 Å². The lowest BCUT2D eigenvalue weighted by Gasteiger charge is -2.38. The number of carbonyl (C=O) groups is 1. The van der Waals surface area contributed by atoms with Crippen LogP contribution in [0.2, 0.25) is 0 Å². The number of amides is 1. The molecule has 2 saturated heterocycles. The number of guanidine groups is 1. The number of anilines is 1. The predicted octanol–water partition coefficient (Wildman–Crippen LogP) is 3.09. The lowest BCUT2D eigenvalue weighted by molar-refractivity contribution is 0.0185. The summed E-state index contributed by atoms with van der Waals surface area (Å²) >= 11 is 1.80. The maximum atomic E-state index is 12.2. The summed E-state index contributed by atoms with van der Waals surface area (Å²) in [6.07, 6.45) is 1.80. The van der Waals surface area contributed by atoms with Crippen LogP contribution >= 0.6 is 11.3 Å². The van der Waals surface area contributed by atoms with Gasteiger partial charge in [0.15, 0.2) is 5.96 Å². The SMILES string of the molecule is CN=C(NCC1CCN(C(=O)OC(C)(C)C)CC1)N1CCN(c2cccs2)CC1. The fourth-order valence-electron chi connectivity index (χ4n) is 3.80. The van der Waals surface area contributed by atoms with E-state index in [0.717, 1.165) is 64.6 Å². The first-order valence-corrected chi connectivity index (χ1v) is 11.5. The monoisotopic (exact) mass is 421 g/mol. The van der Waals surface area contributed by atoms with Crippen LogP contribution in [-0.4, -0.2) is 80.3 Å². The molecule has 1 aromatic heterocycles. The molecule has 0 unspecified atom stereocenters. The number of aliphatic imine (C=N–C) groups is 1. The Morgan fingerprint density at radius 1 is 1.17 bits per heavy atom. The van der Waals surface area contributed by atoms with Crippen LogP contribution < -0.4 is 10.2 Å². The van der Waals surface area contributed by atoms with Gasteiger partial charge in [0.2, 0.25) is 0 Å². The normalized spacial score (nSPS) is 19.4. The second kappa shape index (κ2) is 9.69. The van der Waals surface area contributed by atoms with E-state index in [4.69, 9.17) is 4.74 Å². The molecule has 1 amide bonds. The van der Waals surface area contributed by atoms with E-state index in [1.807, 2.05) is 32.7 Å². The summed E-state index contributed by atoms with van der Waals surface area (Å²) < 4.78 is 5.49. The second-order valence-electron chi connectivity index (χ2n) is 8.76. The van der Waals surface area contributed by atoms with E-state index in [2.05, 4.69) is 37.6 Å². The standard InChI is InChI=1S/C21H35N5O2S/c1-21(2,3)28-20(27)26-9-7-17(8-10-26)16-23-19(22-4)25-13-11-24(12-14-25)18-6-5-15-29-18/h5-6,15,17H,7-14,16H2,1-4H3,(H,22,23). The molecule has 0 saturated carbocycles. The van der Waals surface area contributed by atoms with Crippen LogP contribution in [0.25, 0.3) is 0 Å². The molecular weight excluding hydrogens is 386 g/mol. The van der Waals surface area contributed by atoms with Crippen molar-refractivity contribution in [1.29, 1.82) is 0 Å². The van der Waals surface area contributed by atoms with Crippen molar-refractivity contribution in [3.8, 4) is 0 Å². The molecule has 2 fully saturated rings. The first-order valence-electron chi connectivity index (χ1n) is 10.6. The molecule has 1 aromatic rings. The van der Waals surface area contributed by atoms with Crippen molar-refractivity contribution >= 4 is 28.4 Å². The van der Waals surface area contributed by atoms with Gasteiger partial charge >= 0.3 is 6.09 Å². The van der Waals surface area contributed by atoms with E-state index in [1.54, 1.807) is 11.3 Å². The van der Waals surface area contributed by atoms with Gasteiger partial charge in [-0.15, -0.1) is 11.3 Å². The van der Waals surface area contributed by atoms with E-state index < -0.39 is 5.60 Å². The molecule has 2 aliphatic heterocycles. The molecule has 0 bridgehead atoms. The smallest absolute Gasteiger partial charge is 0.410 e. The first-order chi connectivity index (χ1) is 13.9. The Kier molecular flexibility index (Phi) is 7.27. The van der Waals surface area contributed by atoms with Gasteiger partial charge in [0.1, 0.15) is 5.60 Å². The number of thiophene rings is 1. The van der Waals surface area contributed by atoms with Crippen LogP contribution in [0.1, 0.15) is 33.6 Å². The summed E-state index contributed by atoms with van der Waals surface area (Å²) in [5, 5.41) is 7.05. The topological polar surface area (TPSA) is 60.4 Å². The third-order valence-corrected chi connectivity index (χ3v) is 6.35. The van der Waals surface area contributed by atoms with Gasteiger partial charge in [-0.3, -0.25) is 4.99 Å². The maximum absolute atomic E-state index is 12.2. The minimum absolute atomic E-state index is 0.191. The Morgan fingerprint density at radius 2 is 1.86 bits per heavy atom. The average Bonchev–Trinajstić information content (AvgIpc) is 3.23. The third kappa shape index (κ3) is 6.26. The number of hydrogen-bond donors (Lipinski definition) is 1. The van der Waals surface area contributed by atoms with Crippen LogP contribution in [0.4, 0.5) is 9.80 Å². The van der Waals surface area contributed by atoms with Crippen molar-refractivity contribution in [3.05, 3.63) is 17.5 Å². The highest BCUT2D eigenvalue weighted by Gasteiger charge is 2.27. The van der Waals surface area contributed by atoms with Crippen molar-refractivity contribution in [2.45, 2.75) is 39.2 Å². The molecule has 29 heavy (non-hydrogen) atoms. The highest BCUT2D eigenvalue weighted by Crippen LogP contribution is 2.23. The summed E-state index contributed by atoms with van der Waals surface area (Å²) in [7, 11) is 1.86. The molecular formula is C21H35N5O2S. The Hall–Kier alpha value is -1.96. The van der Waals surface area contributed by atoms with E-state index in [1.165, 1.54) is 5.00 Å². The van der Waals surface area contributed by atoms with Gasteiger partial charge in [0, 0.05) is 52.9 Å². The predicted molar refractivity (Wildman–Crippen MR) is 120 cm³/mol. The zero-order chi connectivity index (χ0) is 20.9. The van der Waals surface area contributed by atoms with Gasteiger partial charge in [-0.2, -0.15) is 0 Å². The molecule has 0 aliphatic carbocycles. The number of hydrogen-bond acceptors (Lipinski definition) is 5. The van der Waals surface area contributed by atoms with E-state index in [-0.39, 0.29) is 6.09 Å². The molecule has 0 radical (unpaired) electrons. The molecule has 7 nitrogen and oxygen atoms in total. The first kappa shape index (κ1) is 21.7. The molecule has 0 atom stereocenters. The third-order valence-electron chi connectivity index (χ3n) is 5.42. The van der Waals surface area contributed by atoms with E-state index >= 15 is 0 Å². The number of rotatable bonds is 3. The summed E-state index contributed by atoms with van der Waals surface area (Å²) in [5.41, 5.74) is -0.435. The Balaban J connectivity index is 1.39. The molecule has 0 spiro atoms. The minimum atomic E-state index is -0.435. The van der Waals surface area contributed by atoms with Crippen molar-refractivity contribution in [2.24, 2.45) is 10.9 Å². The van der Waals surface area contributed by atoms with Crippen LogP contribution in [0.15, 0.2) is 22.5 Å². The van der Waals surface area contributed by atoms with Gasteiger partial charge in [0.25, 0.3) is 0 Å². The minimum Gasteiger partial charge on any atom is -0.444 e. The Morgan fingerprint density at radius 3 is 2.41 bits per heavy atom. The van der Waals surface area contributed by atoms with Gasteiger partial charge in [-0.1, -0.05) is 0 Å². The zero-order valence-corrected chi connectivity index (χ0v) is 19.0. The van der Waals surface area contributed by atoms with Crippen molar-refractivity contribution < 1.29 is 9.53 Å². The highest BCUT2D eigenvalue weighted by atomic mass is 32.1. The molecule has 3 rings (SSSR count). The van der Waals surface area contributed by atoms with Gasteiger partial charge in [0.05, 0.1) is 5.00 Å². The van der Waals surface area contributed by atoms with Gasteiger partial charge < -0.3 is 24.8 Å². The molecule has 1 N–H and O–H groups in total. The number of ether oxygens (including phenoxy) is 1. The molecule has 0 aromatic carbocycles. The van der Waals surface area contributed by atoms with Crippen molar-refractivity contribution in [1.82, 2.24) is 15.1 Å². The largest absolute Gasteiger partial charge is 0.444 e. The van der Waals surface area contributed by atoms with Crippen molar-refractivity contribution in [3.63, 3.8) is 0 Å². The molecule has 162 valence electrons. The molecule has 3 heterocycles. The van der Waals surface area contributed by atoms with Crippen LogP contribution in [0.3, 0.4) is 0 Å². The van der Waals surface area contributed by atoms with Crippen LogP contribution in [0, 0.1) is 5.92 Å². The summed E-state index contributed by atoms with van der Waals surface area (Å²) in [4.78, 5) is 23.3. The van der Waals surface area contributed by atoms with Gasteiger partial charge in [-0.05, 0) is 57.0 Å². The average molecular weight is 422 g/mol. The fraction of sp³-hybridized carbons (Fsp3) is 0.714. The van der Waals surface area contributed by atoms with E-state index in [0.29, 0.717) is 5.92 Å². The zero-order valence-electron chi connectivity index (χ0n) is 18.2. The lowest BCUT2D eigenvalue weighted by atomic mass is 9.97. The van der Waals surface area contributed by atoms with Crippen LogP contribution in [-0.2, 0) is 4.74 Å². The summed E-state index contributed by atoms with van der Waals surface area (Å²) in [5.74, 6) is 1.54. The lowest BCUT2D eigenvalue weighted by Crippen LogP contribution is -2.53. The van der Waals surface area contributed by atoms with Gasteiger partial charge in [-0.25, -0.2) is 4.79 Å². The Labute approximate surface area is 178 Å². The summed E-state index contributed by atoms with van der Waals surface area (Å²) in [6.45, 7) is 12.2. The quantitative estimate of drug-likeness (QED) is 0.600. The number of piperazine rings is 1. The molecule has 8 heteroatoms. The number of likely N-dealkylation sites (tertiary alicyclic amines) is 1. The summed E-state index contributed by atoms with van der Waals surface area (Å²) in [6, 6.07) is 4.30. The number of nitrogens with zero attached hydrogens (tertiary/aromatic N) is 4. The fourth-order valence-corrected chi connectivity index (χ4v) is 4.59. The van der Waals surface area contributed by atoms with Crippen molar-refractivity contribution in [2.75, 3.05) is 57.8 Å². The maximum Gasteiger partial charge on any atom is 0.410 e. The highest BCUT2D eigenvalue weighted by molar-refractivity contribution is 7.14.